The SMILES string of the molecule is C[C@H](NC(=O)CCCSc1cnn(C)c1)c1ccccc1. The minimum Gasteiger partial charge on any atom is -0.350 e. The van der Waals surface area contributed by atoms with E-state index in [1.165, 1.54) is 0 Å². The van der Waals surface area contributed by atoms with Crippen LogP contribution in [-0.2, 0) is 11.8 Å². The second-order valence-corrected chi connectivity index (χ2v) is 6.17. The molecule has 1 N–H and O–H groups in total. The average Bonchev–Trinajstić information content (AvgIpc) is 2.90. The zero-order valence-electron chi connectivity index (χ0n) is 12.5. The highest BCUT2D eigenvalue weighted by Crippen LogP contribution is 2.18. The van der Waals surface area contributed by atoms with E-state index >= 15 is 0 Å². The molecule has 0 bridgehead atoms. The van der Waals surface area contributed by atoms with Gasteiger partial charge in [0.2, 0.25) is 5.91 Å². The topological polar surface area (TPSA) is 46.9 Å². The molecule has 0 aliphatic carbocycles. The molecule has 1 atom stereocenters. The van der Waals surface area contributed by atoms with Crippen LogP contribution in [0.4, 0.5) is 0 Å². The Labute approximate surface area is 129 Å². The maximum absolute atomic E-state index is 11.9. The summed E-state index contributed by atoms with van der Waals surface area (Å²) in [5.41, 5.74) is 1.13. The number of nitrogens with one attached hydrogen (secondary N) is 1. The number of aromatic nitrogens is 2. The number of hydrogen-bond acceptors (Lipinski definition) is 3. The number of amides is 1. The van der Waals surface area contributed by atoms with E-state index < -0.39 is 0 Å². The fraction of sp³-hybridized carbons (Fsp3) is 0.375. The van der Waals surface area contributed by atoms with Gasteiger partial charge >= 0.3 is 0 Å². The largest absolute Gasteiger partial charge is 0.350 e. The normalized spacial score (nSPS) is 12.1. The van der Waals surface area contributed by atoms with Gasteiger partial charge < -0.3 is 5.32 Å². The summed E-state index contributed by atoms with van der Waals surface area (Å²) >= 11 is 1.74. The molecule has 0 aliphatic rings. The fourth-order valence-electron chi connectivity index (χ4n) is 2.03. The van der Waals surface area contributed by atoms with Crippen LogP contribution < -0.4 is 5.32 Å². The average molecular weight is 303 g/mol. The van der Waals surface area contributed by atoms with Crippen molar-refractivity contribution < 1.29 is 4.79 Å². The molecule has 0 saturated heterocycles. The van der Waals surface area contributed by atoms with Crippen molar-refractivity contribution >= 4 is 17.7 Å². The molecule has 5 heteroatoms. The van der Waals surface area contributed by atoms with Crippen LogP contribution in [0.25, 0.3) is 0 Å². The van der Waals surface area contributed by atoms with Gasteiger partial charge in [-0.15, -0.1) is 11.8 Å². The highest BCUT2D eigenvalue weighted by Gasteiger charge is 2.08. The van der Waals surface area contributed by atoms with Gasteiger partial charge in [0.15, 0.2) is 0 Å². The number of benzene rings is 1. The summed E-state index contributed by atoms with van der Waals surface area (Å²) in [6, 6.07) is 10.1. The zero-order valence-corrected chi connectivity index (χ0v) is 13.3. The van der Waals surface area contributed by atoms with Gasteiger partial charge in [-0.05, 0) is 24.7 Å². The molecule has 21 heavy (non-hydrogen) atoms. The van der Waals surface area contributed by atoms with Crippen molar-refractivity contribution in [3.05, 3.63) is 48.3 Å². The highest BCUT2D eigenvalue weighted by molar-refractivity contribution is 7.99. The van der Waals surface area contributed by atoms with Gasteiger partial charge in [-0.1, -0.05) is 30.3 Å². The fourth-order valence-corrected chi connectivity index (χ4v) is 2.91. The van der Waals surface area contributed by atoms with Gasteiger partial charge in [0.25, 0.3) is 0 Å². The monoisotopic (exact) mass is 303 g/mol. The molecule has 0 fully saturated rings. The maximum Gasteiger partial charge on any atom is 0.220 e. The van der Waals surface area contributed by atoms with E-state index in [0.717, 1.165) is 22.6 Å². The Kier molecular flexibility index (Phi) is 5.87. The number of nitrogens with zero attached hydrogens (tertiary/aromatic N) is 2. The van der Waals surface area contributed by atoms with Crippen molar-refractivity contribution in [3.8, 4) is 0 Å². The predicted octanol–water partition coefficient (Wildman–Crippen LogP) is 3.17. The third-order valence-electron chi connectivity index (χ3n) is 3.18. The molecule has 1 aromatic carbocycles. The van der Waals surface area contributed by atoms with E-state index in [-0.39, 0.29) is 11.9 Å². The van der Waals surface area contributed by atoms with Crippen LogP contribution in [0.2, 0.25) is 0 Å². The molecule has 4 nitrogen and oxygen atoms in total. The first-order chi connectivity index (χ1) is 10.1. The molecule has 112 valence electrons. The standard InChI is InChI=1S/C16H21N3OS/c1-13(14-7-4-3-5-8-14)18-16(20)9-6-10-21-15-11-17-19(2)12-15/h3-5,7-8,11-13H,6,9-10H2,1-2H3,(H,18,20)/t13-/m0/s1. The van der Waals surface area contributed by atoms with Crippen LogP contribution >= 0.6 is 11.8 Å². The Morgan fingerprint density at radius 3 is 2.81 bits per heavy atom. The first-order valence-corrected chi connectivity index (χ1v) is 8.09. The van der Waals surface area contributed by atoms with Gasteiger partial charge in [0, 0.05) is 24.6 Å². The van der Waals surface area contributed by atoms with Crippen LogP contribution in [0, 0.1) is 0 Å². The van der Waals surface area contributed by atoms with Crippen LogP contribution in [0.5, 0.6) is 0 Å². The molecular formula is C16H21N3OS. The van der Waals surface area contributed by atoms with E-state index in [4.69, 9.17) is 0 Å². The molecule has 2 aromatic rings. The number of carbonyl (C=O) groups excluding carboxylic acids is 1. The minimum absolute atomic E-state index is 0.0599. The second kappa shape index (κ2) is 7.88. The summed E-state index contributed by atoms with van der Waals surface area (Å²) < 4.78 is 1.79. The molecule has 0 spiro atoms. The minimum atomic E-state index is 0.0599. The molecule has 0 unspecified atom stereocenters. The van der Waals surface area contributed by atoms with Crippen LogP contribution in [-0.4, -0.2) is 21.4 Å². The van der Waals surface area contributed by atoms with Crippen LogP contribution in [0.1, 0.15) is 31.4 Å². The molecule has 0 radical (unpaired) electrons. The number of hydrogen-bond donors (Lipinski definition) is 1. The Balaban J connectivity index is 1.65. The zero-order chi connectivity index (χ0) is 15.1. The van der Waals surface area contributed by atoms with Gasteiger partial charge in [-0.25, -0.2) is 0 Å². The Morgan fingerprint density at radius 2 is 2.14 bits per heavy atom. The summed E-state index contributed by atoms with van der Waals surface area (Å²) in [5, 5.41) is 7.15. The van der Waals surface area contributed by atoms with Crippen molar-refractivity contribution in [2.24, 2.45) is 7.05 Å². The van der Waals surface area contributed by atoms with Gasteiger partial charge in [0.05, 0.1) is 12.2 Å². The summed E-state index contributed by atoms with van der Waals surface area (Å²) in [4.78, 5) is 13.1. The van der Waals surface area contributed by atoms with Crippen molar-refractivity contribution in [1.29, 1.82) is 0 Å². The van der Waals surface area contributed by atoms with Crippen molar-refractivity contribution in [3.63, 3.8) is 0 Å². The lowest BCUT2D eigenvalue weighted by Gasteiger charge is -2.14. The molecule has 2 rings (SSSR count). The summed E-state index contributed by atoms with van der Waals surface area (Å²) in [7, 11) is 1.91. The highest BCUT2D eigenvalue weighted by atomic mass is 32.2. The van der Waals surface area contributed by atoms with Crippen molar-refractivity contribution in [1.82, 2.24) is 15.1 Å². The van der Waals surface area contributed by atoms with Gasteiger partial charge in [-0.3, -0.25) is 9.48 Å². The summed E-state index contributed by atoms with van der Waals surface area (Å²) in [6.07, 6.45) is 5.27. The van der Waals surface area contributed by atoms with E-state index in [0.29, 0.717) is 6.42 Å². The van der Waals surface area contributed by atoms with E-state index in [1.54, 1.807) is 16.4 Å². The van der Waals surface area contributed by atoms with Crippen molar-refractivity contribution in [2.75, 3.05) is 5.75 Å². The number of aryl methyl sites for hydroxylation is 1. The smallest absolute Gasteiger partial charge is 0.220 e. The maximum atomic E-state index is 11.9. The summed E-state index contributed by atoms with van der Waals surface area (Å²) in [6.45, 7) is 2.01. The van der Waals surface area contributed by atoms with Gasteiger partial charge in [0.1, 0.15) is 0 Å². The Hall–Kier alpha value is -1.75. The molecule has 1 aromatic heterocycles. The quantitative estimate of drug-likeness (QED) is 0.631. The molecular weight excluding hydrogens is 282 g/mol. The van der Waals surface area contributed by atoms with Crippen LogP contribution in [0.3, 0.4) is 0 Å². The van der Waals surface area contributed by atoms with E-state index in [1.807, 2.05) is 56.7 Å². The lowest BCUT2D eigenvalue weighted by molar-refractivity contribution is -0.121. The number of carbonyl (C=O) groups is 1. The van der Waals surface area contributed by atoms with Crippen LogP contribution in [0.15, 0.2) is 47.6 Å². The predicted molar refractivity (Wildman–Crippen MR) is 86.2 cm³/mol. The second-order valence-electron chi connectivity index (χ2n) is 5.00. The Bertz CT molecular complexity index is 568. The first-order valence-electron chi connectivity index (χ1n) is 7.11. The molecule has 0 aliphatic heterocycles. The van der Waals surface area contributed by atoms with E-state index in [9.17, 15) is 4.79 Å². The molecule has 0 saturated carbocycles. The first kappa shape index (κ1) is 15.6. The van der Waals surface area contributed by atoms with Gasteiger partial charge in [-0.2, -0.15) is 5.10 Å². The number of rotatable bonds is 7. The Morgan fingerprint density at radius 1 is 1.38 bits per heavy atom. The lowest BCUT2D eigenvalue weighted by atomic mass is 10.1. The summed E-state index contributed by atoms with van der Waals surface area (Å²) in [5.74, 6) is 1.04. The lowest BCUT2D eigenvalue weighted by Crippen LogP contribution is -2.26. The van der Waals surface area contributed by atoms with E-state index in [2.05, 4.69) is 10.4 Å². The molecule has 1 heterocycles. The third-order valence-corrected chi connectivity index (χ3v) is 4.21. The molecule has 1 amide bonds. The van der Waals surface area contributed by atoms with Crippen molar-refractivity contribution in [2.45, 2.75) is 30.7 Å². The third kappa shape index (κ3) is 5.27. The number of thioether (sulfide) groups is 1.